The van der Waals surface area contributed by atoms with Crippen molar-refractivity contribution < 1.29 is 9.47 Å². The minimum atomic E-state index is 0.0920. The van der Waals surface area contributed by atoms with Crippen molar-refractivity contribution in [2.75, 3.05) is 6.61 Å². The highest BCUT2D eigenvalue weighted by molar-refractivity contribution is 6.30. The van der Waals surface area contributed by atoms with Gasteiger partial charge in [-0.25, -0.2) is 0 Å². The van der Waals surface area contributed by atoms with Crippen LogP contribution in [0.4, 0.5) is 0 Å². The van der Waals surface area contributed by atoms with Gasteiger partial charge in [-0.3, -0.25) is 0 Å². The van der Waals surface area contributed by atoms with Crippen LogP contribution in [0.5, 0.6) is 5.75 Å². The third-order valence-electron chi connectivity index (χ3n) is 4.47. The molecule has 4 rings (SSSR count). The van der Waals surface area contributed by atoms with Gasteiger partial charge in [0.05, 0.1) is 12.7 Å². The number of ether oxygens (including phenoxy) is 2. The van der Waals surface area contributed by atoms with E-state index < -0.39 is 0 Å². The lowest BCUT2D eigenvalue weighted by Gasteiger charge is -2.42. The van der Waals surface area contributed by atoms with E-state index >= 15 is 0 Å². The first-order valence-electron chi connectivity index (χ1n) is 7.43. The second-order valence-electron chi connectivity index (χ2n) is 5.76. The van der Waals surface area contributed by atoms with E-state index in [0.29, 0.717) is 5.92 Å². The minimum absolute atomic E-state index is 0.0920. The van der Waals surface area contributed by atoms with Gasteiger partial charge >= 0.3 is 0 Å². The molecule has 3 atom stereocenters. The third-order valence-corrected chi connectivity index (χ3v) is 4.72. The van der Waals surface area contributed by atoms with E-state index in [4.69, 9.17) is 21.1 Å². The molecule has 2 nitrogen and oxygen atoms in total. The van der Waals surface area contributed by atoms with Crippen molar-refractivity contribution in [3.63, 3.8) is 0 Å². The number of fused-ring (bicyclic) bond motifs is 2. The lowest BCUT2D eigenvalue weighted by molar-refractivity contribution is -0.0919. The summed E-state index contributed by atoms with van der Waals surface area (Å²) >= 11 is 5.99. The Hall–Kier alpha value is -1.51. The van der Waals surface area contributed by atoms with E-state index in [1.807, 2.05) is 18.2 Å². The van der Waals surface area contributed by atoms with Crippen LogP contribution in [-0.2, 0) is 11.2 Å². The summed E-state index contributed by atoms with van der Waals surface area (Å²) in [6.45, 7) is 0.747. The summed E-state index contributed by atoms with van der Waals surface area (Å²) in [5.74, 6) is 1.41. The number of hydrogen-bond donors (Lipinski definition) is 0. The molecule has 0 bridgehead atoms. The van der Waals surface area contributed by atoms with Crippen LogP contribution >= 0.6 is 11.6 Å². The number of hydrogen-bond acceptors (Lipinski definition) is 2. The van der Waals surface area contributed by atoms with Crippen LogP contribution in [0.2, 0.25) is 5.02 Å². The topological polar surface area (TPSA) is 18.5 Å². The summed E-state index contributed by atoms with van der Waals surface area (Å²) < 4.78 is 12.3. The first kappa shape index (κ1) is 13.2. The fourth-order valence-electron chi connectivity index (χ4n) is 3.43. The molecule has 0 radical (unpaired) electrons. The van der Waals surface area contributed by atoms with Crippen LogP contribution in [0.15, 0.2) is 48.5 Å². The summed E-state index contributed by atoms with van der Waals surface area (Å²) in [6, 6.07) is 16.3. The van der Waals surface area contributed by atoms with E-state index in [2.05, 4.69) is 30.3 Å². The second kappa shape index (κ2) is 5.36. The zero-order valence-electron chi connectivity index (χ0n) is 11.7. The zero-order chi connectivity index (χ0) is 14.2. The average Bonchev–Trinajstić information content (AvgIpc) is 2.53. The van der Waals surface area contributed by atoms with Gasteiger partial charge in [0.2, 0.25) is 0 Å². The smallest absolute Gasteiger partial charge is 0.122 e. The van der Waals surface area contributed by atoms with Crippen LogP contribution in [0.3, 0.4) is 0 Å². The van der Waals surface area contributed by atoms with Crippen LogP contribution in [-0.4, -0.2) is 12.7 Å². The molecular weight excluding hydrogens is 284 g/mol. The van der Waals surface area contributed by atoms with E-state index in [1.165, 1.54) is 11.1 Å². The van der Waals surface area contributed by atoms with Crippen molar-refractivity contribution in [1.29, 1.82) is 0 Å². The maximum atomic E-state index is 6.21. The highest BCUT2D eigenvalue weighted by atomic mass is 35.5. The van der Waals surface area contributed by atoms with Crippen LogP contribution in [0, 0.1) is 5.92 Å². The monoisotopic (exact) mass is 300 g/mol. The van der Waals surface area contributed by atoms with Gasteiger partial charge in [-0.15, -0.1) is 0 Å². The van der Waals surface area contributed by atoms with Gasteiger partial charge in [-0.05, 0) is 35.7 Å². The number of para-hydroxylation sites is 1. The molecule has 108 valence electrons. The predicted molar refractivity (Wildman–Crippen MR) is 82.8 cm³/mol. The molecule has 1 fully saturated rings. The van der Waals surface area contributed by atoms with Gasteiger partial charge in [-0.2, -0.15) is 0 Å². The summed E-state index contributed by atoms with van der Waals surface area (Å²) in [5.41, 5.74) is 2.47. The van der Waals surface area contributed by atoms with Crippen molar-refractivity contribution >= 4 is 11.6 Å². The number of rotatable bonds is 1. The molecule has 0 aromatic heterocycles. The highest BCUT2D eigenvalue weighted by Gasteiger charge is 2.39. The second-order valence-corrected chi connectivity index (χ2v) is 6.20. The largest absolute Gasteiger partial charge is 0.490 e. The first-order chi connectivity index (χ1) is 10.3. The lowest BCUT2D eigenvalue weighted by Crippen LogP contribution is -2.42. The molecule has 1 saturated heterocycles. The predicted octanol–water partition coefficient (Wildman–Crippen LogP) is 4.42. The van der Waals surface area contributed by atoms with E-state index in [0.717, 1.165) is 30.2 Å². The fraction of sp³-hybridized carbons (Fsp3) is 0.333. The molecule has 0 N–H and O–H groups in total. The SMILES string of the molecule is Clc1ccc([C@@H]2OCC[C@@H]3Oc4ccccc4C[C@H]32)cc1. The van der Waals surface area contributed by atoms with Gasteiger partial charge in [0.25, 0.3) is 0 Å². The van der Waals surface area contributed by atoms with Gasteiger partial charge in [-0.1, -0.05) is 41.9 Å². The van der Waals surface area contributed by atoms with Crippen molar-refractivity contribution in [2.45, 2.75) is 25.0 Å². The Morgan fingerprint density at radius 1 is 1.00 bits per heavy atom. The van der Waals surface area contributed by atoms with Crippen molar-refractivity contribution in [3.8, 4) is 5.75 Å². The van der Waals surface area contributed by atoms with Crippen molar-refractivity contribution in [3.05, 3.63) is 64.7 Å². The Balaban J connectivity index is 1.66. The molecule has 0 aliphatic carbocycles. The van der Waals surface area contributed by atoms with Gasteiger partial charge in [0.1, 0.15) is 11.9 Å². The Bertz CT molecular complexity index is 638. The van der Waals surface area contributed by atoms with Crippen LogP contribution < -0.4 is 4.74 Å². The Labute approximate surface area is 129 Å². The van der Waals surface area contributed by atoms with Crippen LogP contribution in [0.25, 0.3) is 0 Å². The summed E-state index contributed by atoms with van der Waals surface area (Å²) in [7, 11) is 0. The molecule has 0 amide bonds. The van der Waals surface area contributed by atoms with Crippen molar-refractivity contribution in [2.24, 2.45) is 5.92 Å². The maximum Gasteiger partial charge on any atom is 0.122 e. The molecule has 2 aromatic rings. The summed E-state index contributed by atoms with van der Waals surface area (Å²) in [4.78, 5) is 0. The van der Waals surface area contributed by atoms with E-state index in [9.17, 15) is 0 Å². The Morgan fingerprint density at radius 3 is 2.67 bits per heavy atom. The minimum Gasteiger partial charge on any atom is -0.490 e. The highest BCUT2D eigenvalue weighted by Crippen LogP contribution is 2.42. The molecule has 0 spiro atoms. The molecule has 21 heavy (non-hydrogen) atoms. The molecule has 2 aromatic carbocycles. The maximum absolute atomic E-state index is 6.21. The fourth-order valence-corrected chi connectivity index (χ4v) is 3.55. The zero-order valence-corrected chi connectivity index (χ0v) is 12.4. The Morgan fingerprint density at radius 2 is 1.81 bits per heavy atom. The molecule has 3 heteroatoms. The van der Waals surface area contributed by atoms with Gasteiger partial charge < -0.3 is 9.47 Å². The molecule has 0 saturated carbocycles. The quantitative estimate of drug-likeness (QED) is 0.776. The van der Waals surface area contributed by atoms with Gasteiger partial charge in [0.15, 0.2) is 0 Å². The van der Waals surface area contributed by atoms with Gasteiger partial charge in [0, 0.05) is 17.4 Å². The van der Waals surface area contributed by atoms with E-state index in [1.54, 1.807) is 0 Å². The average molecular weight is 301 g/mol. The molecule has 2 aliphatic rings. The molecule has 2 aliphatic heterocycles. The number of benzene rings is 2. The molecule has 0 unspecified atom stereocenters. The Kier molecular flexibility index (Phi) is 3.36. The van der Waals surface area contributed by atoms with Crippen LogP contribution in [0.1, 0.15) is 23.7 Å². The number of halogens is 1. The third kappa shape index (κ3) is 2.43. The summed E-state index contributed by atoms with van der Waals surface area (Å²) in [5, 5.41) is 0.761. The molecular formula is C18H17ClO2. The normalized spacial score (nSPS) is 27.4. The summed E-state index contributed by atoms with van der Waals surface area (Å²) in [6.07, 6.45) is 2.31. The standard InChI is InChI=1S/C18H17ClO2/c19-14-7-5-12(6-8-14)18-15-11-13-3-1-2-4-16(13)21-17(15)9-10-20-18/h1-8,15,17-18H,9-11H2/t15-,17+,18+/m1/s1. The lowest BCUT2D eigenvalue weighted by atomic mass is 9.81. The van der Waals surface area contributed by atoms with Crippen molar-refractivity contribution in [1.82, 2.24) is 0 Å². The molecule has 2 heterocycles. The first-order valence-corrected chi connectivity index (χ1v) is 7.81. The van der Waals surface area contributed by atoms with E-state index in [-0.39, 0.29) is 12.2 Å².